The molecule has 0 unspecified atom stereocenters. The van der Waals surface area contributed by atoms with Crippen molar-refractivity contribution in [2.45, 2.75) is 25.8 Å². The molecule has 0 amide bonds. The second-order valence-electron chi connectivity index (χ2n) is 4.90. The first-order valence-electron chi connectivity index (χ1n) is 6.23. The molecule has 0 saturated heterocycles. The number of halogens is 1. The summed E-state index contributed by atoms with van der Waals surface area (Å²) in [5, 5.41) is 8.95. The van der Waals surface area contributed by atoms with Crippen LogP contribution in [-0.2, 0) is 0 Å². The molecule has 6 heteroatoms. The molecular formula is C14H12FNO4. The topological polar surface area (TPSA) is 68.5 Å². The SMILES string of the molecule is Cc1c(F)ccc2c(=O)c(OC(=O)O)cn(C3CC3)c12. The van der Waals surface area contributed by atoms with Gasteiger partial charge in [0.05, 0.1) is 17.1 Å². The molecule has 1 aromatic carbocycles. The van der Waals surface area contributed by atoms with Crippen molar-refractivity contribution in [3.63, 3.8) is 0 Å². The summed E-state index contributed by atoms with van der Waals surface area (Å²) in [6, 6.07) is 2.74. The molecule has 1 aromatic heterocycles. The average Bonchev–Trinajstić information content (AvgIpc) is 3.20. The zero-order valence-electron chi connectivity index (χ0n) is 10.7. The van der Waals surface area contributed by atoms with Gasteiger partial charge in [-0.05, 0) is 31.9 Å². The number of fused-ring (bicyclic) bond motifs is 1. The van der Waals surface area contributed by atoms with Gasteiger partial charge < -0.3 is 14.4 Å². The van der Waals surface area contributed by atoms with Crippen molar-refractivity contribution >= 4 is 17.1 Å². The van der Waals surface area contributed by atoms with E-state index in [-0.39, 0.29) is 17.2 Å². The van der Waals surface area contributed by atoms with Gasteiger partial charge in [-0.15, -0.1) is 0 Å². The van der Waals surface area contributed by atoms with Gasteiger partial charge in [0.15, 0.2) is 5.75 Å². The number of aryl methyl sites for hydroxylation is 1. The molecule has 1 saturated carbocycles. The standard InChI is InChI=1S/C14H12FNO4/c1-7-10(15)5-4-9-12(7)16(8-2-3-8)6-11(13(9)17)20-14(18)19/h4-6,8H,2-3H2,1H3,(H,18,19). The Bertz CT molecular complexity index is 777. The van der Waals surface area contributed by atoms with Crippen LogP contribution in [0.1, 0.15) is 24.4 Å². The maximum atomic E-state index is 13.7. The Kier molecular flexibility index (Phi) is 2.74. The van der Waals surface area contributed by atoms with Crippen LogP contribution in [0.5, 0.6) is 5.75 Å². The number of hydrogen-bond donors (Lipinski definition) is 1. The molecule has 0 atom stereocenters. The molecule has 1 aliphatic carbocycles. The van der Waals surface area contributed by atoms with Crippen LogP contribution in [-0.4, -0.2) is 15.8 Å². The van der Waals surface area contributed by atoms with Gasteiger partial charge in [0, 0.05) is 11.6 Å². The Morgan fingerprint density at radius 2 is 2.15 bits per heavy atom. The fourth-order valence-corrected chi connectivity index (χ4v) is 2.38. The normalized spacial score (nSPS) is 14.5. The summed E-state index contributed by atoms with van der Waals surface area (Å²) in [7, 11) is 0. The third kappa shape index (κ3) is 1.93. The van der Waals surface area contributed by atoms with E-state index in [1.165, 1.54) is 18.3 Å². The molecule has 3 rings (SSSR count). The van der Waals surface area contributed by atoms with E-state index in [9.17, 15) is 14.0 Å². The predicted octanol–water partition coefficient (Wildman–Crippen LogP) is 2.84. The van der Waals surface area contributed by atoms with Gasteiger partial charge in [0.1, 0.15) is 5.82 Å². The van der Waals surface area contributed by atoms with Gasteiger partial charge in [-0.25, -0.2) is 9.18 Å². The summed E-state index contributed by atoms with van der Waals surface area (Å²) >= 11 is 0. The number of carboxylic acid groups (broad SMARTS) is 1. The Morgan fingerprint density at radius 3 is 2.75 bits per heavy atom. The molecule has 1 heterocycles. The first-order valence-corrected chi connectivity index (χ1v) is 6.23. The van der Waals surface area contributed by atoms with Crippen molar-refractivity contribution in [1.29, 1.82) is 0 Å². The highest BCUT2D eigenvalue weighted by atomic mass is 19.1. The summed E-state index contributed by atoms with van der Waals surface area (Å²) in [4.78, 5) is 22.8. The number of pyridine rings is 1. The fourth-order valence-electron chi connectivity index (χ4n) is 2.38. The van der Waals surface area contributed by atoms with Gasteiger partial charge in [0.25, 0.3) is 0 Å². The molecule has 5 nitrogen and oxygen atoms in total. The third-order valence-electron chi connectivity index (χ3n) is 3.49. The van der Waals surface area contributed by atoms with Crippen molar-refractivity contribution < 1.29 is 19.0 Å². The van der Waals surface area contributed by atoms with Gasteiger partial charge in [0.2, 0.25) is 5.43 Å². The average molecular weight is 277 g/mol. The maximum Gasteiger partial charge on any atom is 0.511 e. The van der Waals surface area contributed by atoms with E-state index in [0.29, 0.717) is 11.1 Å². The highest BCUT2D eigenvalue weighted by molar-refractivity contribution is 5.84. The molecule has 2 aromatic rings. The van der Waals surface area contributed by atoms with Crippen LogP contribution in [0.25, 0.3) is 10.9 Å². The Hall–Kier alpha value is -2.37. The lowest BCUT2D eigenvalue weighted by Gasteiger charge is -2.14. The lowest BCUT2D eigenvalue weighted by Crippen LogP contribution is -2.16. The minimum absolute atomic E-state index is 0.162. The minimum atomic E-state index is -1.54. The van der Waals surface area contributed by atoms with Crippen molar-refractivity contribution in [1.82, 2.24) is 4.57 Å². The summed E-state index contributed by atoms with van der Waals surface area (Å²) in [5.41, 5.74) is 0.353. The van der Waals surface area contributed by atoms with Gasteiger partial charge >= 0.3 is 6.16 Å². The molecule has 0 aliphatic heterocycles. The van der Waals surface area contributed by atoms with Crippen molar-refractivity contribution in [2.75, 3.05) is 0 Å². The molecule has 1 fully saturated rings. The minimum Gasteiger partial charge on any atom is -0.449 e. The van der Waals surface area contributed by atoms with E-state index in [0.717, 1.165) is 12.8 Å². The lowest BCUT2D eigenvalue weighted by atomic mass is 10.1. The van der Waals surface area contributed by atoms with Gasteiger partial charge in [-0.2, -0.15) is 0 Å². The van der Waals surface area contributed by atoms with E-state index in [4.69, 9.17) is 5.11 Å². The van der Waals surface area contributed by atoms with Crippen LogP contribution in [0.2, 0.25) is 0 Å². The van der Waals surface area contributed by atoms with E-state index in [2.05, 4.69) is 4.74 Å². The molecule has 1 aliphatic rings. The van der Waals surface area contributed by atoms with Crippen molar-refractivity contribution in [3.8, 4) is 5.75 Å². The monoisotopic (exact) mass is 277 g/mol. The summed E-state index contributed by atoms with van der Waals surface area (Å²) in [6.07, 6.45) is 1.66. The summed E-state index contributed by atoms with van der Waals surface area (Å²) in [5.74, 6) is -0.638. The first kappa shape index (κ1) is 12.7. The number of ether oxygens (including phenoxy) is 1. The van der Waals surface area contributed by atoms with Gasteiger partial charge in [-0.3, -0.25) is 4.79 Å². The van der Waals surface area contributed by atoms with Crippen LogP contribution in [0.4, 0.5) is 9.18 Å². The second kappa shape index (κ2) is 4.33. The molecule has 0 bridgehead atoms. The van der Waals surface area contributed by atoms with Crippen molar-refractivity contribution in [2.24, 2.45) is 0 Å². The Balaban J connectivity index is 2.36. The van der Waals surface area contributed by atoms with Crippen molar-refractivity contribution in [3.05, 3.63) is 39.9 Å². The number of rotatable bonds is 2. The molecule has 1 N–H and O–H groups in total. The molecular weight excluding hydrogens is 265 g/mol. The van der Waals surface area contributed by atoms with Gasteiger partial charge in [-0.1, -0.05) is 0 Å². The predicted molar refractivity (Wildman–Crippen MR) is 69.8 cm³/mol. The zero-order chi connectivity index (χ0) is 14.4. The summed E-state index contributed by atoms with van der Waals surface area (Å²) < 4.78 is 20.0. The highest BCUT2D eigenvalue weighted by Gasteiger charge is 2.27. The largest absolute Gasteiger partial charge is 0.511 e. The lowest BCUT2D eigenvalue weighted by molar-refractivity contribution is 0.143. The van der Waals surface area contributed by atoms with Crippen LogP contribution in [0.3, 0.4) is 0 Å². The second-order valence-corrected chi connectivity index (χ2v) is 4.90. The zero-order valence-corrected chi connectivity index (χ0v) is 10.7. The van der Waals surface area contributed by atoms with E-state index in [1.54, 1.807) is 11.5 Å². The number of nitrogens with zero attached hydrogens (tertiary/aromatic N) is 1. The molecule has 0 spiro atoms. The number of hydrogen-bond acceptors (Lipinski definition) is 3. The van der Waals surface area contributed by atoms with Crippen LogP contribution < -0.4 is 10.2 Å². The van der Waals surface area contributed by atoms with Crippen LogP contribution in [0.15, 0.2) is 23.1 Å². The highest BCUT2D eigenvalue weighted by Crippen LogP contribution is 2.38. The third-order valence-corrected chi connectivity index (χ3v) is 3.49. The number of carbonyl (C=O) groups is 1. The quantitative estimate of drug-likeness (QED) is 0.857. The molecule has 104 valence electrons. The summed E-state index contributed by atoms with van der Waals surface area (Å²) in [6.45, 7) is 1.60. The first-order chi connectivity index (χ1) is 9.49. The van der Waals surface area contributed by atoms with Crippen LogP contribution >= 0.6 is 0 Å². The van der Waals surface area contributed by atoms with E-state index in [1.807, 2.05) is 0 Å². The smallest absolute Gasteiger partial charge is 0.449 e. The Labute approximate surface area is 113 Å². The Morgan fingerprint density at radius 1 is 1.45 bits per heavy atom. The maximum absolute atomic E-state index is 13.7. The van der Waals surface area contributed by atoms with E-state index >= 15 is 0 Å². The number of aromatic nitrogens is 1. The fraction of sp³-hybridized carbons (Fsp3) is 0.286. The molecule has 0 radical (unpaired) electrons. The van der Waals surface area contributed by atoms with E-state index < -0.39 is 17.4 Å². The number of benzene rings is 1. The molecule has 20 heavy (non-hydrogen) atoms. The van der Waals surface area contributed by atoms with Crippen LogP contribution in [0, 0.1) is 12.7 Å².